The molecule has 0 aliphatic carbocycles. The molecule has 1 aromatic carbocycles. The first kappa shape index (κ1) is 16.5. The maximum atomic E-state index is 12.2. The van der Waals surface area contributed by atoms with Crippen molar-refractivity contribution in [2.24, 2.45) is 0 Å². The lowest BCUT2D eigenvalue weighted by Crippen LogP contribution is -2.22. The summed E-state index contributed by atoms with van der Waals surface area (Å²) in [6.07, 6.45) is 0. The van der Waals surface area contributed by atoms with E-state index >= 15 is 0 Å². The molecule has 0 fully saturated rings. The van der Waals surface area contributed by atoms with Gasteiger partial charge in [-0.3, -0.25) is 9.59 Å². The average Bonchev–Trinajstić information content (AvgIpc) is 2.85. The fourth-order valence-corrected chi connectivity index (χ4v) is 3.66. The third-order valence-corrected chi connectivity index (χ3v) is 4.91. The minimum absolute atomic E-state index is 0.0786. The highest BCUT2D eigenvalue weighted by Crippen LogP contribution is 2.27. The molecule has 1 atom stereocenters. The van der Waals surface area contributed by atoms with Crippen molar-refractivity contribution in [3.8, 4) is 0 Å². The van der Waals surface area contributed by atoms with Crippen LogP contribution in [-0.2, 0) is 9.59 Å². The van der Waals surface area contributed by atoms with Crippen LogP contribution in [0.2, 0.25) is 0 Å². The molecule has 0 aliphatic heterocycles. The summed E-state index contributed by atoms with van der Waals surface area (Å²) in [6.45, 7) is 5.24. The fourth-order valence-electron chi connectivity index (χ4n) is 1.68. The zero-order valence-corrected chi connectivity index (χ0v) is 14.2. The second-order valence-electron chi connectivity index (χ2n) is 4.76. The van der Waals surface area contributed by atoms with E-state index in [9.17, 15) is 9.59 Å². The first-order valence-electron chi connectivity index (χ1n) is 6.71. The normalized spacial score (nSPS) is 11.8. The molecular formula is C15H17N3O2S2. The standard InChI is InChI=1S/C15H17N3O2S2/c1-9-8-21-15(16-9)22-10(2)14(20)18-13-6-4-12(5-7-13)17-11(3)19/h4-8,10H,1-3H3,(H,17,19)(H,18,20)/t10-/m1/s1. The lowest BCUT2D eigenvalue weighted by molar-refractivity contribution is -0.115. The number of carbonyl (C=O) groups excluding carboxylic acids is 2. The van der Waals surface area contributed by atoms with E-state index in [2.05, 4.69) is 15.6 Å². The lowest BCUT2D eigenvalue weighted by Gasteiger charge is -2.11. The van der Waals surface area contributed by atoms with Crippen molar-refractivity contribution in [2.45, 2.75) is 30.4 Å². The number of nitrogens with zero attached hydrogens (tertiary/aromatic N) is 1. The smallest absolute Gasteiger partial charge is 0.237 e. The minimum atomic E-state index is -0.236. The van der Waals surface area contributed by atoms with Crippen molar-refractivity contribution in [1.82, 2.24) is 4.98 Å². The Balaban J connectivity index is 1.91. The molecule has 5 nitrogen and oxygen atoms in total. The highest BCUT2D eigenvalue weighted by Gasteiger charge is 2.16. The summed E-state index contributed by atoms with van der Waals surface area (Å²) in [5.41, 5.74) is 2.36. The van der Waals surface area contributed by atoms with Crippen LogP contribution >= 0.6 is 23.1 Å². The molecule has 0 unspecified atom stereocenters. The van der Waals surface area contributed by atoms with Crippen LogP contribution in [0.5, 0.6) is 0 Å². The minimum Gasteiger partial charge on any atom is -0.326 e. The SMILES string of the molecule is CC(=O)Nc1ccc(NC(=O)[C@@H](C)Sc2nc(C)cs2)cc1. The summed E-state index contributed by atoms with van der Waals surface area (Å²) in [5, 5.41) is 7.26. The Morgan fingerprint density at radius 2 is 1.77 bits per heavy atom. The zero-order chi connectivity index (χ0) is 16.1. The van der Waals surface area contributed by atoms with Crippen LogP contribution in [-0.4, -0.2) is 22.0 Å². The van der Waals surface area contributed by atoms with Gasteiger partial charge in [-0.05, 0) is 38.1 Å². The van der Waals surface area contributed by atoms with Crippen LogP contribution in [0.1, 0.15) is 19.5 Å². The second kappa shape index (κ2) is 7.42. The topological polar surface area (TPSA) is 71.1 Å². The van der Waals surface area contributed by atoms with E-state index in [-0.39, 0.29) is 17.1 Å². The number of nitrogens with one attached hydrogen (secondary N) is 2. The van der Waals surface area contributed by atoms with Gasteiger partial charge in [0.25, 0.3) is 0 Å². The van der Waals surface area contributed by atoms with Crippen LogP contribution in [0.25, 0.3) is 0 Å². The van der Waals surface area contributed by atoms with Crippen LogP contribution in [0.15, 0.2) is 34.0 Å². The number of carbonyl (C=O) groups is 2. The van der Waals surface area contributed by atoms with Gasteiger partial charge in [-0.1, -0.05) is 11.8 Å². The monoisotopic (exact) mass is 335 g/mol. The first-order valence-corrected chi connectivity index (χ1v) is 8.47. The van der Waals surface area contributed by atoms with Gasteiger partial charge < -0.3 is 10.6 Å². The number of aryl methyl sites for hydroxylation is 1. The Morgan fingerprint density at radius 3 is 2.27 bits per heavy atom. The van der Waals surface area contributed by atoms with Gasteiger partial charge in [0.1, 0.15) is 0 Å². The van der Waals surface area contributed by atoms with E-state index in [0.717, 1.165) is 10.0 Å². The van der Waals surface area contributed by atoms with Gasteiger partial charge >= 0.3 is 0 Å². The number of hydrogen-bond donors (Lipinski definition) is 2. The Labute approximate surface area is 137 Å². The van der Waals surface area contributed by atoms with Crippen molar-refractivity contribution in [3.05, 3.63) is 35.3 Å². The van der Waals surface area contributed by atoms with E-state index in [1.54, 1.807) is 35.6 Å². The third-order valence-electron chi connectivity index (χ3n) is 2.72. The Hall–Kier alpha value is -1.86. The largest absolute Gasteiger partial charge is 0.326 e. The predicted octanol–water partition coefficient (Wildman–Crippen LogP) is 3.53. The summed E-state index contributed by atoms with van der Waals surface area (Å²) < 4.78 is 0.890. The van der Waals surface area contributed by atoms with Gasteiger partial charge in [0, 0.05) is 29.4 Å². The molecule has 2 N–H and O–H groups in total. The number of rotatable bonds is 5. The molecule has 0 saturated carbocycles. The number of hydrogen-bond acceptors (Lipinski definition) is 5. The molecule has 1 aromatic heterocycles. The second-order valence-corrected chi connectivity index (χ2v) is 7.21. The van der Waals surface area contributed by atoms with Crippen LogP contribution < -0.4 is 10.6 Å². The molecular weight excluding hydrogens is 318 g/mol. The molecule has 1 heterocycles. The summed E-state index contributed by atoms with van der Waals surface area (Å²) in [4.78, 5) is 27.5. The molecule has 0 bridgehead atoms. The summed E-state index contributed by atoms with van der Waals surface area (Å²) in [5.74, 6) is -0.203. The Kier molecular flexibility index (Phi) is 5.57. The molecule has 7 heteroatoms. The lowest BCUT2D eigenvalue weighted by atomic mass is 10.2. The first-order chi connectivity index (χ1) is 10.4. The van der Waals surface area contributed by atoms with E-state index in [1.165, 1.54) is 18.7 Å². The predicted molar refractivity (Wildman–Crippen MR) is 91.5 cm³/mol. The molecule has 22 heavy (non-hydrogen) atoms. The Bertz CT molecular complexity index is 668. The number of thiazole rings is 1. The maximum absolute atomic E-state index is 12.2. The quantitative estimate of drug-likeness (QED) is 0.820. The van der Waals surface area contributed by atoms with Gasteiger partial charge in [-0.2, -0.15) is 0 Å². The number of anilines is 2. The van der Waals surface area contributed by atoms with Crippen molar-refractivity contribution in [1.29, 1.82) is 0 Å². The van der Waals surface area contributed by atoms with Crippen molar-refractivity contribution in [2.75, 3.05) is 10.6 Å². The highest BCUT2D eigenvalue weighted by atomic mass is 32.2. The van der Waals surface area contributed by atoms with Crippen molar-refractivity contribution < 1.29 is 9.59 Å². The molecule has 0 aliphatic rings. The van der Waals surface area contributed by atoms with Gasteiger partial charge in [-0.15, -0.1) is 11.3 Å². The number of benzene rings is 1. The molecule has 2 rings (SSSR count). The fraction of sp³-hybridized carbons (Fsp3) is 0.267. The summed E-state index contributed by atoms with van der Waals surface area (Å²) in [6, 6.07) is 7.01. The average molecular weight is 335 g/mol. The summed E-state index contributed by atoms with van der Waals surface area (Å²) in [7, 11) is 0. The van der Waals surface area contributed by atoms with Gasteiger partial charge in [0.15, 0.2) is 4.34 Å². The molecule has 0 saturated heterocycles. The highest BCUT2D eigenvalue weighted by molar-refractivity contribution is 8.02. The zero-order valence-electron chi connectivity index (χ0n) is 12.5. The summed E-state index contributed by atoms with van der Waals surface area (Å²) >= 11 is 2.98. The van der Waals surface area contributed by atoms with Gasteiger partial charge in [0.05, 0.1) is 5.25 Å². The number of aromatic nitrogens is 1. The van der Waals surface area contributed by atoms with E-state index < -0.39 is 0 Å². The molecule has 116 valence electrons. The molecule has 0 radical (unpaired) electrons. The molecule has 0 spiro atoms. The van der Waals surface area contributed by atoms with E-state index in [4.69, 9.17) is 0 Å². The van der Waals surface area contributed by atoms with Crippen molar-refractivity contribution in [3.63, 3.8) is 0 Å². The molecule has 2 aromatic rings. The number of thioether (sulfide) groups is 1. The van der Waals surface area contributed by atoms with Crippen LogP contribution in [0, 0.1) is 6.92 Å². The maximum Gasteiger partial charge on any atom is 0.237 e. The van der Waals surface area contributed by atoms with E-state index in [0.29, 0.717) is 11.4 Å². The van der Waals surface area contributed by atoms with E-state index in [1.807, 2.05) is 19.2 Å². The van der Waals surface area contributed by atoms with Crippen LogP contribution in [0.3, 0.4) is 0 Å². The Morgan fingerprint density at radius 1 is 1.18 bits per heavy atom. The third kappa shape index (κ3) is 4.85. The van der Waals surface area contributed by atoms with Crippen molar-refractivity contribution >= 4 is 46.3 Å². The van der Waals surface area contributed by atoms with Gasteiger partial charge in [-0.25, -0.2) is 4.98 Å². The van der Waals surface area contributed by atoms with Gasteiger partial charge in [0.2, 0.25) is 11.8 Å². The molecule has 2 amide bonds. The van der Waals surface area contributed by atoms with Crippen LogP contribution in [0.4, 0.5) is 11.4 Å². The number of amides is 2.